The molecule has 1 saturated carbocycles. The third kappa shape index (κ3) is 5.68. The van der Waals surface area contributed by atoms with E-state index in [0.29, 0.717) is 12.5 Å². The molecule has 0 heterocycles. The SMILES string of the molecule is CCNCCNC(=O)c1ccc(C2CCCCC2)cc1.Cl. The van der Waals surface area contributed by atoms with Gasteiger partial charge in [0.2, 0.25) is 0 Å². The molecule has 0 bridgehead atoms. The topological polar surface area (TPSA) is 41.1 Å². The molecule has 1 fully saturated rings. The second kappa shape index (κ2) is 9.80. The van der Waals surface area contributed by atoms with E-state index in [0.717, 1.165) is 18.7 Å². The van der Waals surface area contributed by atoms with E-state index in [1.807, 2.05) is 12.1 Å². The first kappa shape index (κ1) is 18.0. The summed E-state index contributed by atoms with van der Waals surface area (Å²) in [5.41, 5.74) is 2.16. The Morgan fingerprint density at radius 1 is 1.10 bits per heavy atom. The van der Waals surface area contributed by atoms with Crippen molar-refractivity contribution in [2.24, 2.45) is 0 Å². The fourth-order valence-electron chi connectivity index (χ4n) is 2.89. The summed E-state index contributed by atoms with van der Waals surface area (Å²) in [5.74, 6) is 0.729. The van der Waals surface area contributed by atoms with Crippen LogP contribution in [0, 0.1) is 0 Å². The molecule has 1 amide bonds. The lowest BCUT2D eigenvalue weighted by atomic mass is 9.84. The molecular weight excluding hydrogens is 284 g/mol. The summed E-state index contributed by atoms with van der Waals surface area (Å²) in [6.45, 7) is 4.50. The molecule has 1 aromatic carbocycles. The van der Waals surface area contributed by atoms with Crippen LogP contribution in [0.1, 0.15) is 60.9 Å². The number of carbonyl (C=O) groups is 1. The molecule has 0 atom stereocenters. The van der Waals surface area contributed by atoms with Gasteiger partial charge in [0, 0.05) is 18.7 Å². The molecule has 2 rings (SSSR count). The third-order valence-electron chi connectivity index (χ3n) is 4.09. The summed E-state index contributed by atoms with van der Waals surface area (Å²) >= 11 is 0. The van der Waals surface area contributed by atoms with Crippen LogP contribution in [0.5, 0.6) is 0 Å². The molecule has 0 unspecified atom stereocenters. The van der Waals surface area contributed by atoms with Gasteiger partial charge in [0.05, 0.1) is 0 Å². The molecule has 0 aliphatic heterocycles. The van der Waals surface area contributed by atoms with Gasteiger partial charge < -0.3 is 10.6 Å². The number of rotatable bonds is 6. The average molecular weight is 311 g/mol. The van der Waals surface area contributed by atoms with Gasteiger partial charge in [-0.15, -0.1) is 12.4 Å². The molecule has 0 saturated heterocycles. The smallest absolute Gasteiger partial charge is 0.251 e. The lowest BCUT2D eigenvalue weighted by Gasteiger charge is -2.22. The molecule has 21 heavy (non-hydrogen) atoms. The van der Waals surface area contributed by atoms with Crippen molar-refractivity contribution in [2.45, 2.75) is 44.9 Å². The van der Waals surface area contributed by atoms with Gasteiger partial charge in [0.1, 0.15) is 0 Å². The van der Waals surface area contributed by atoms with Gasteiger partial charge in [-0.25, -0.2) is 0 Å². The van der Waals surface area contributed by atoms with Crippen molar-refractivity contribution >= 4 is 18.3 Å². The average Bonchev–Trinajstić information content (AvgIpc) is 2.52. The fourth-order valence-corrected chi connectivity index (χ4v) is 2.89. The summed E-state index contributed by atoms with van der Waals surface area (Å²) in [6.07, 6.45) is 6.67. The Hall–Kier alpha value is -1.06. The van der Waals surface area contributed by atoms with Crippen LogP contribution in [0.3, 0.4) is 0 Å². The first-order chi connectivity index (χ1) is 9.81. The van der Waals surface area contributed by atoms with Crippen LogP contribution in [0.25, 0.3) is 0 Å². The third-order valence-corrected chi connectivity index (χ3v) is 4.09. The summed E-state index contributed by atoms with van der Waals surface area (Å²) in [7, 11) is 0. The lowest BCUT2D eigenvalue weighted by molar-refractivity contribution is 0.0954. The highest BCUT2D eigenvalue weighted by molar-refractivity contribution is 5.94. The van der Waals surface area contributed by atoms with Crippen molar-refractivity contribution in [3.05, 3.63) is 35.4 Å². The van der Waals surface area contributed by atoms with Gasteiger partial charge in [-0.3, -0.25) is 4.79 Å². The minimum absolute atomic E-state index is 0. The van der Waals surface area contributed by atoms with E-state index in [1.165, 1.54) is 37.7 Å². The minimum Gasteiger partial charge on any atom is -0.351 e. The van der Waals surface area contributed by atoms with Gasteiger partial charge in [-0.1, -0.05) is 38.3 Å². The van der Waals surface area contributed by atoms with Crippen LogP contribution >= 0.6 is 12.4 Å². The van der Waals surface area contributed by atoms with Gasteiger partial charge in [0.25, 0.3) is 5.91 Å². The molecule has 2 N–H and O–H groups in total. The van der Waals surface area contributed by atoms with Crippen LogP contribution in [-0.2, 0) is 0 Å². The van der Waals surface area contributed by atoms with Crippen LogP contribution in [0.4, 0.5) is 0 Å². The minimum atomic E-state index is 0. The van der Waals surface area contributed by atoms with Crippen LogP contribution in [0.2, 0.25) is 0 Å². The van der Waals surface area contributed by atoms with E-state index >= 15 is 0 Å². The first-order valence-electron chi connectivity index (χ1n) is 7.90. The monoisotopic (exact) mass is 310 g/mol. The highest BCUT2D eigenvalue weighted by atomic mass is 35.5. The van der Waals surface area contributed by atoms with E-state index < -0.39 is 0 Å². The summed E-state index contributed by atoms with van der Waals surface area (Å²) < 4.78 is 0. The number of hydrogen-bond donors (Lipinski definition) is 2. The molecule has 0 aromatic heterocycles. The van der Waals surface area contributed by atoms with Gasteiger partial charge in [0.15, 0.2) is 0 Å². The number of benzene rings is 1. The molecular formula is C17H27ClN2O. The summed E-state index contributed by atoms with van der Waals surface area (Å²) in [4.78, 5) is 12.0. The highest BCUT2D eigenvalue weighted by Crippen LogP contribution is 2.32. The number of nitrogens with one attached hydrogen (secondary N) is 2. The molecule has 1 aliphatic carbocycles. The number of amides is 1. The molecule has 0 radical (unpaired) electrons. The zero-order chi connectivity index (χ0) is 14.2. The Kier molecular flexibility index (Phi) is 8.40. The van der Waals surface area contributed by atoms with Gasteiger partial charge in [-0.05, 0) is 43.0 Å². The van der Waals surface area contributed by atoms with E-state index in [-0.39, 0.29) is 18.3 Å². The maximum Gasteiger partial charge on any atom is 0.251 e. The molecule has 3 nitrogen and oxygen atoms in total. The van der Waals surface area contributed by atoms with Crippen LogP contribution < -0.4 is 10.6 Å². The second-order valence-corrected chi connectivity index (χ2v) is 5.57. The molecule has 1 aromatic rings. The molecule has 4 heteroatoms. The van der Waals surface area contributed by atoms with Crippen LogP contribution in [0.15, 0.2) is 24.3 Å². The number of carbonyl (C=O) groups excluding carboxylic acids is 1. The number of halogens is 1. The predicted octanol–water partition coefficient (Wildman–Crippen LogP) is 3.50. The van der Waals surface area contributed by atoms with Gasteiger partial charge >= 0.3 is 0 Å². The molecule has 1 aliphatic rings. The molecule has 118 valence electrons. The Morgan fingerprint density at radius 2 is 1.76 bits per heavy atom. The molecule has 0 spiro atoms. The van der Waals surface area contributed by atoms with Crippen molar-refractivity contribution in [3.8, 4) is 0 Å². The highest BCUT2D eigenvalue weighted by Gasteiger charge is 2.15. The fraction of sp³-hybridized carbons (Fsp3) is 0.588. The second-order valence-electron chi connectivity index (χ2n) is 5.57. The van der Waals surface area contributed by atoms with E-state index in [2.05, 4.69) is 29.7 Å². The summed E-state index contributed by atoms with van der Waals surface area (Å²) in [6, 6.07) is 8.20. The van der Waals surface area contributed by atoms with E-state index in [9.17, 15) is 4.79 Å². The number of hydrogen-bond acceptors (Lipinski definition) is 2. The predicted molar refractivity (Wildman–Crippen MR) is 90.4 cm³/mol. The standard InChI is InChI=1S/C17H26N2O.ClH/c1-2-18-12-13-19-17(20)16-10-8-15(9-11-16)14-6-4-3-5-7-14;/h8-11,14,18H,2-7,12-13H2,1H3,(H,19,20);1H. The first-order valence-corrected chi connectivity index (χ1v) is 7.90. The van der Waals surface area contributed by atoms with Crippen LogP contribution in [-0.4, -0.2) is 25.5 Å². The van der Waals surface area contributed by atoms with Crippen molar-refractivity contribution in [1.82, 2.24) is 10.6 Å². The van der Waals surface area contributed by atoms with Crippen molar-refractivity contribution in [1.29, 1.82) is 0 Å². The normalized spacial score (nSPS) is 15.3. The van der Waals surface area contributed by atoms with E-state index in [1.54, 1.807) is 0 Å². The largest absolute Gasteiger partial charge is 0.351 e. The Morgan fingerprint density at radius 3 is 2.38 bits per heavy atom. The Balaban J connectivity index is 0.00000220. The van der Waals surface area contributed by atoms with Crippen molar-refractivity contribution in [3.63, 3.8) is 0 Å². The maximum atomic E-state index is 12.0. The zero-order valence-corrected chi connectivity index (χ0v) is 13.7. The van der Waals surface area contributed by atoms with Crippen molar-refractivity contribution < 1.29 is 4.79 Å². The van der Waals surface area contributed by atoms with Gasteiger partial charge in [-0.2, -0.15) is 0 Å². The van der Waals surface area contributed by atoms with Crippen molar-refractivity contribution in [2.75, 3.05) is 19.6 Å². The lowest BCUT2D eigenvalue weighted by Crippen LogP contribution is -2.31. The number of likely N-dealkylation sites (N-methyl/N-ethyl adjacent to an activating group) is 1. The Labute approximate surface area is 134 Å². The zero-order valence-electron chi connectivity index (χ0n) is 12.9. The Bertz CT molecular complexity index is 413. The maximum absolute atomic E-state index is 12.0. The summed E-state index contributed by atoms with van der Waals surface area (Å²) in [5, 5.41) is 6.12. The quantitative estimate of drug-likeness (QED) is 0.790. The van der Waals surface area contributed by atoms with E-state index in [4.69, 9.17) is 0 Å².